The lowest BCUT2D eigenvalue weighted by molar-refractivity contribution is -0.443. The molecular weight excluding hydrogens is 272 g/mol. The van der Waals surface area contributed by atoms with Gasteiger partial charge in [-0.15, -0.1) is 0 Å². The third-order valence-electron chi connectivity index (χ3n) is 6.08. The molecule has 0 aromatic carbocycles. The molecule has 1 saturated carbocycles. The summed E-state index contributed by atoms with van der Waals surface area (Å²) in [5.74, 6) is 1.53. The van der Waals surface area contributed by atoms with Gasteiger partial charge in [-0.3, -0.25) is 0 Å². The number of hydrogen-bond donors (Lipinski definition) is 1. The molecule has 3 rings (SSSR count). The second kappa shape index (κ2) is 5.78. The SMILES string of the molecule is COC1O[C@@H]2O[C@](C)(OO)CC[C@@H]3C2C(CC[C@H]3C)C1C. The molecule has 0 spiro atoms. The summed E-state index contributed by atoms with van der Waals surface area (Å²) in [6.07, 6.45) is 3.53. The van der Waals surface area contributed by atoms with E-state index in [1.54, 1.807) is 14.0 Å². The van der Waals surface area contributed by atoms with Gasteiger partial charge in [0.1, 0.15) is 0 Å². The fraction of sp³-hybridized carbons (Fsp3) is 1.00. The average molecular weight is 300 g/mol. The van der Waals surface area contributed by atoms with Crippen molar-refractivity contribution in [2.45, 2.75) is 64.8 Å². The first-order valence-electron chi connectivity index (χ1n) is 8.17. The van der Waals surface area contributed by atoms with Crippen molar-refractivity contribution in [2.75, 3.05) is 7.11 Å². The summed E-state index contributed by atoms with van der Waals surface area (Å²) in [6, 6.07) is 0. The standard InChI is InChI=1S/C16H28O5/c1-9-5-6-12-10(2)14(18-4)19-15-13(12)11(9)7-8-16(3,20-15)21-17/h9-15,17H,5-8H2,1-4H3/t9-,10?,11+,12?,13?,14?,15-,16-/m1/s1. The Hall–Kier alpha value is -0.200. The van der Waals surface area contributed by atoms with E-state index in [0.717, 1.165) is 6.42 Å². The average Bonchev–Trinajstić information content (AvgIpc) is 2.63. The van der Waals surface area contributed by atoms with Gasteiger partial charge in [-0.25, -0.2) is 10.1 Å². The van der Waals surface area contributed by atoms with Crippen LogP contribution in [0.4, 0.5) is 0 Å². The zero-order chi connectivity index (χ0) is 15.2. The van der Waals surface area contributed by atoms with Gasteiger partial charge in [0.05, 0.1) is 0 Å². The number of ether oxygens (including phenoxy) is 3. The first-order chi connectivity index (χ1) is 9.99. The lowest BCUT2D eigenvalue weighted by Crippen LogP contribution is -2.54. The minimum atomic E-state index is -0.981. The van der Waals surface area contributed by atoms with Crippen molar-refractivity contribution >= 4 is 0 Å². The molecule has 1 N–H and O–H groups in total. The van der Waals surface area contributed by atoms with E-state index in [2.05, 4.69) is 18.7 Å². The van der Waals surface area contributed by atoms with Crippen LogP contribution >= 0.6 is 0 Å². The summed E-state index contributed by atoms with van der Waals surface area (Å²) in [5, 5.41) is 9.24. The zero-order valence-electron chi connectivity index (χ0n) is 13.5. The number of rotatable bonds is 2. The van der Waals surface area contributed by atoms with Gasteiger partial charge in [0, 0.05) is 25.4 Å². The van der Waals surface area contributed by atoms with Crippen LogP contribution in [0.1, 0.15) is 46.5 Å². The van der Waals surface area contributed by atoms with Crippen LogP contribution in [-0.2, 0) is 19.1 Å². The maximum Gasteiger partial charge on any atom is 0.201 e. The predicted octanol–water partition coefficient (Wildman–Crippen LogP) is 3.25. The van der Waals surface area contributed by atoms with Gasteiger partial charge < -0.3 is 14.2 Å². The molecule has 3 aliphatic rings. The van der Waals surface area contributed by atoms with Gasteiger partial charge in [-0.1, -0.05) is 20.3 Å². The van der Waals surface area contributed by atoms with Crippen molar-refractivity contribution < 1.29 is 24.4 Å². The first-order valence-corrected chi connectivity index (χ1v) is 8.17. The highest BCUT2D eigenvalue weighted by atomic mass is 17.1. The van der Waals surface area contributed by atoms with Crippen molar-refractivity contribution in [2.24, 2.45) is 29.6 Å². The Morgan fingerprint density at radius 3 is 2.57 bits per heavy atom. The van der Waals surface area contributed by atoms with Crippen molar-refractivity contribution in [3.8, 4) is 0 Å². The predicted molar refractivity (Wildman–Crippen MR) is 76.1 cm³/mol. The molecule has 2 heterocycles. The van der Waals surface area contributed by atoms with E-state index in [1.807, 2.05) is 0 Å². The maximum atomic E-state index is 9.24. The molecule has 0 aromatic heterocycles. The van der Waals surface area contributed by atoms with Gasteiger partial charge in [-0.2, -0.15) is 0 Å². The van der Waals surface area contributed by atoms with Gasteiger partial charge in [0.25, 0.3) is 0 Å². The normalized spacial score (nSPS) is 53.9. The molecule has 8 atom stereocenters. The summed E-state index contributed by atoms with van der Waals surface area (Å²) in [4.78, 5) is 4.64. The van der Waals surface area contributed by atoms with Crippen LogP contribution in [0.3, 0.4) is 0 Å². The summed E-state index contributed by atoms with van der Waals surface area (Å²) in [7, 11) is 1.68. The molecule has 0 amide bonds. The van der Waals surface area contributed by atoms with Crippen LogP contribution < -0.4 is 0 Å². The third kappa shape index (κ3) is 2.63. The first kappa shape index (κ1) is 15.7. The second-order valence-corrected chi connectivity index (χ2v) is 7.31. The highest BCUT2D eigenvalue weighted by Crippen LogP contribution is 2.53. The van der Waals surface area contributed by atoms with Crippen LogP contribution in [0.25, 0.3) is 0 Å². The van der Waals surface area contributed by atoms with Crippen molar-refractivity contribution in [3.05, 3.63) is 0 Å². The van der Waals surface area contributed by atoms with Gasteiger partial charge in [-0.05, 0) is 37.5 Å². The van der Waals surface area contributed by atoms with E-state index >= 15 is 0 Å². The van der Waals surface area contributed by atoms with Gasteiger partial charge >= 0.3 is 0 Å². The minimum Gasteiger partial charge on any atom is -0.355 e. The van der Waals surface area contributed by atoms with E-state index in [-0.39, 0.29) is 12.6 Å². The molecule has 0 bridgehead atoms. The van der Waals surface area contributed by atoms with Crippen LogP contribution in [0.2, 0.25) is 0 Å². The Labute approximate surface area is 126 Å². The molecule has 122 valence electrons. The molecule has 0 radical (unpaired) electrons. The quantitative estimate of drug-likeness (QED) is 0.626. The van der Waals surface area contributed by atoms with E-state index < -0.39 is 5.79 Å². The van der Waals surface area contributed by atoms with E-state index in [4.69, 9.17) is 14.2 Å². The number of hydrogen-bond acceptors (Lipinski definition) is 5. The fourth-order valence-electron chi connectivity index (χ4n) is 4.78. The lowest BCUT2D eigenvalue weighted by Gasteiger charge is -2.51. The second-order valence-electron chi connectivity index (χ2n) is 7.31. The Morgan fingerprint density at radius 2 is 1.90 bits per heavy atom. The molecule has 1 aliphatic carbocycles. The highest BCUT2D eigenvalue weighted by molar-refractivity contribution is 4.95. The molecule has 3 fully saturated rings. The van der Waals surface area contributed by atoms with Crippen molar-refractivity contribution in [3.63, 3.8) is 0 Å². The van der Waals surface area contributed by atoms with Crippen molar-refractivity contribution in [1.29, 1.82) is 0 Å². The molecule has 0 aromatic rings. The molecule has 4 unspecified atom stereocenters. The smallest absolute Gasteiger partial charge is 0.201 e. The Morgan fingerprint density at radius 1 is 1.14 bits per heavy atom. The highest BCUT2D eigenvalue weighted by Gasteiger charge is 2.54. The molecule has 2 aliphatic heterocycles. The summed E-state index contributed by atoms with van der Waals surface area (Å²) < 4.78 is 17.6. The van der Waals surface area contributed by atoms with E-state index in [1.165, 1.54) is 12.8 Å². The molecule has 5 heteroatoms. The summed E-state index contributed by atoms with van der Waals surface area (Å²) >= 11 is 0. The monoisotopic (exact) mass is 300 g/mol. The lowest BCUT2D eigenvalue weighted by atomic mass is 9.61. The van der Waals surface area contributed by atoms with E-state index in [0.29, 0.717) is 36.0 Å². The fourth-order valence-corrected chi connectivity index (χ4v) is 4.78. The zero-order valence-corrected chi connectivity index (χ0v) is 13.5. The van der Waals surface area contributed by atoms with Crippen LogP contribution in [-0.4, -0.2) is 30.7 Å². The van der Waals surface area contributed by atoms with Crippen LogP contribution in [0.15, 0.2) is 0 Å². The summed E-state index contributed by atoms with van der Waals surface area (Å²) in [6.45, 7) is 6.33. The van der Waals surface area contributed by atoms with Gasteiger partial charge in [0.2, 0.25) is 5.79 Å². The van der Waals surface area contributed by atoms with E-state index in [9.17, 15) is 5.26 Å². The third-order valence-corrected chi connectivity index (χ3v) is 6.08. The summed E-state index contributed by atoms with van der Waals surface area (Å²) in [5.41, 5.74) is 0. The molecule has 21 heavy (non-hydrogen) atoms. The largest absolute Gasteiger partial charge is 0.355 e. The Bertz CT molecular complexity index is 374. The minimum absolute atomic E-state index is 0.244. The molecular formula is C16H28O5. The van der Waals surface area contributed by atoms with Crippen molar-refractivity contribution in [1.82, 2.24) is 0 Å². The van der Waals surface area contributed by atoms with Crippen LogP contribution in [0.5, 0.6) is 0 Å². The Balaban J connectivity index is 1.92. The maximum absolute atomic E-state index is 9.24. The number of methoxy groups -OCH3 is 1. The van der Waals surface area contributed by atoms with Gasteiger partial charge in [0.15, 0.2) is 12.6 Å². The van der Waals surface area contributed by atoms with Crippen LogP contribution in [0, 0.1) is 29.6 Å². The topological polar surface area (TPSA) is 57.2 Å². The molecule has 2 saturated heterocycles. The molecule has 5 nitrogen and oxygen atoms in total. The Kier molecular flexibility index (Phi) is 4.32.